The fourth-order valence-electron chi connectivity index (χ4n) is 1.76. The number of hydrogen-bond acceptors (Lipinski definition) is 4. The summed E-state index contributed by atoms with van der Waals surface area (Å²) in [4.78, 5) is 33.4. The van der Waals surface area contributed by atoms with Crippen LogP contribution >= 0.6 is 0 Å². The topological polar surface area (TPSA) is 109 Å². The maximum atomic E-state index is 11.7. The highest BCUT2D eigenvalue weighted by Crippen LogP contribution is 2.11. The van der Waals surface area contributed by atoms with Crippen LogP contribution in [0.25, 0.3) is 0 Å². The highest BCUT2D eigenvalue weighted by molar-refractivity contribution is 5.84. The van der Waals surface area contributed by atoms with Crippen LogP contribution in [0.1, 0.15) is 40.0 Å². The van der Waals surface area contributed by atoms with Gasteiger partial charge in [0, 0.05) is 0 Å². The fourth-order valence-corrected chi connectivity index (χ4v) is 1.76. The van der Waals surface area contributed by atoms with E-state index in [-0.39, 0.29) is 12.3 Å². The number of carbonyl (C=O) groups is 2. The number of nitrogens with two attached hydrogens (primary N) is 1. The number of hydrogen-bond donors (Lipinski definition) is 3. The van der Waals surface area contributed by atoms with Gasteiger partial charge < -0.3 is 16.2 Å². The Morgan fingerprint density at radius 2 is 1.89 bits per heavy atom. The minimum atomic E-state index is -0.983. The normalized spacial score (nSPS) is 15.6. The first-order valence-electron chi connectivity index (χ1n) is 6.48. The van der Waals surface area contributed by atoms with E-state index in [2.05, 4.69) is 5.32 Å². The third-order valence-electron chi connectivity index (χ3n) is 2.88. The number of aliphatic carboxylic acids is 1. The van der Waals surface area contributed by atoms with Gasteiger partial charge in [-0.05, 0) is 25.2 Å². The standard InChI is InChI=1S/C13H23N2O4/c1-4-9(13(18)19)6-10(7-16)15-12(17)11(14)5-8(2)3/h8-11H,4-6,14H2,1-3H3,(H,15,17)(H,18,19)/t9?,10-,11-/m0/s1. The number of carboxylic acids is 1. The molecule has 19 heavy (non-hydrogen) atoms. The zero-order chi connectivity index (χ0) is 15.0. The van der Waals surface area contributed by atoms with Crippen LogP contribution in [0, 0.1) is 11.8 Å². The van der Waals surface area contributed by atoms with E-state index in [1.807, 2.05) is 13.8 Å². The number of nitrogens with one attached hydrogen (secondary N) is 1. The van der Waals surface area contributed by atoms with Crippen molar-refractivity contribution < 1.29 is 19.5 Å². The Bertz CT molecular complexity index is 318. The third kappa shape index (κ3) is 6.91. The molecular weight excluding hydrogens is 248 g/mol. The van der Waals surface area contributed by atoms with Gasteiger partial charge in [-0.25, -0.2) is 0 Å². The largest absolute Gasteiger partial charge is 0.481 e. The lowest BCUT2D eigenvalue weighted by molar-refractivity contribution is -0.142. The summed E-state index contributed by atoms with van der Waals surface area (Å²) in [5.74, 6) is -1.83. The zero-order valence-corrected chi connectivity index (χ0v) is 11.7. The molecule has 0 aliphatic rings. The van der Waals surface area contributed by atoms with E-state index < -0.39 is 29.9 Å². The molecule has 0 rings (SSSR count). The predicted octanol–water partition coefficient (Wildman–Crippen LogP) is 0.455. The summed E-state index contributed by atoms with van der Waals surface area (Å²) in [5.41, 5.74) is 5.69. The monoisotopic (exact) mass is 271 g/mol. The first-order chi connectivity index (χ1) is 8.81. The number of carbonyl (C=O) groups excluding carboxylic acids is 2. The molecule has 0 aromatic heterocycles. The summed E-state index contributed by atoms with van der Waals surface area (Å²) in [5, 5.41) is 11.4. The van der Waals surface area contributed by atoms with Crippen LogP contribution < -0.4 is 11.1 Å². The number of amides is 1. The Morgan fingerprint density at radius 3 is 2.26 bits per heavy atom. The summed E-state index contributed by atoms with van der Waals surface area (Å²) in [6.07, 6.45) is 2.59. The van der Waals surface area contributed by atoms with E-state index >= 15 is 0 Å². The van der Waals surface area contributed by atoms with Crippen molar-refractivity contribution in [2.75, 3.05) is 0 Å². The van der Waals surface area contributed by atoms with Gasteiger partial charge in [0.2, 0.25) is 12.2 Å². The first kappa shape index (κ1) is 17.6. The maximum Gasteiger partial charge on any atom is 0.306 e. The van der Waals surface area contributed by atoms with E-state index in [0.717, 1.165) is 0 Å². The molecule has 4 N–H and O–H groups in total. The molecule has 1 radical (unpaired) electrons. The van der Waals surface area contributed by atoms with Gasteiger partial charge in [-0.15, -0.1) is 0 Å². The summed E-state index contributed by atoms with van der Waals surface area (Å²) >= 11 is 0. The summed E-state index contributed by atoms with van der Waals surface area (Å²) < 4.78 is 0. The van der Waals surface area contributed by atoms with Gasteiger partial charge in [-0.2, -0.15) is 0 Å². The van der Waals surface area contributed by atoms with Gasteiger partial charge in [-0.3, -0.25) is 14.4 Å². The van der Waals surface area contributed by atoms with Crippen LogP contribution in [0.15, 0.2) is 0 Å². The lowest BCUT2D eigenvalue weighted by Gasteiger charge is -2.19. The van der Waals surface area contributed by atoms with Gasteiger partial charge in [-0.1, -0.05) is 20.8 Å². The Hall–Kier alpha value is -1.43. The van der Waals surface area contributed by atoms with Crippen molar-refractivity contribution in [3.63, 3.8) is 0 Å². The molecule has 0 heterocycles. The average Bonchev–Trinajstić information content (AvgIpc) is 2.32. The average molecular weight is 271 g/mol. The second-order valence-electron chi connectivity index (χ2n) is 5.09. The first-order valence-corrected chi connectivity index (χ1v) is 6.48. The highest BCUT2D eigenvalue weighted by Gasteiger charge is 2.24. The third-order valence-corrected chi connectivity index (χ3v) is 2.88. The molecule has 0 saturated heterocycles. The molecule has 0 aliphatic carbocycles. The molecule has 6 nitrogen and oxygen atoms in total. The van der Waals surface area contributed by atoms with Crippen molar-refractivity contribution in [2.24, 2.45) is 17.6 Å². The lowest BCUT2D eigenvalue weighted by atomic mass is 9.97. The SMILES string of the molecule is CCC(C[C@@H]([C]=O)NC(=O)[C@@H](N)CC(C)C)C(=O)O. The molecule has 109 valence electrons. The smallest absolute Gasteiger partial charge is 0.306 e. The molecule has 0 saturated carbocycles. The van der Waals surface area contributed by atoms with E-state index in [1.54, 1.807) is 13.2 Å². The lowest BCUT2D eigenvalue weighted by Crippen LogP contribution is -2.47. The molecule has 1 unspecified atom stereocenters. The Labute approximate surface area is 113 Å². The quantitative estimate of drug-likeness (QED) is 0.564. The van der Waals surface area contributed by atoms with E-state index in [4.69, 9.17) is 10.8 Å². The van der Waals surface area contributed by atoms with Crippen LogP contribution in [-0.2, 0) is 14.4 Å². The predicted molar refractivity (Wildman–Crippen MR) is 71.1 cm³/mol. The van der Waals surface area contributed by atoms with Gasteiger partial charge >= 0.3 is 5.97 Å². The number of carboxylic acid groups (broad SMARTS) is 1. The molecule has 0 aliphatic heterocycles. The van der Waals surface area contributed by atoms with Crippen LogP contribution in [0.3, 0.4) is 0 Å². The van der Waals surface area contributed by atoms with Crippen LogP contribution in [0.2, 0.25) is 0 Å². The summed E-state index contributed by atoms with van der Waals surface area (Å²) in [7, 11) is 0. The van der Waals surface area contributed by atoms with Gasteiger partial charge in [0.15, 0.2) is 0 Å². The fraction of sp³-hybridized carbons (Fsp3) is 0.769. The Morgan fingerprint density at radius 1 is 1.32 bits per heavy atom. The van der Waals surface area contributed by atoms with Crippen molar-refractivity contribution in [1.82, 2.24) is 5.32 Å². The molecular formula is C13H23N2O4. The molecule has 1 amide bonds. The van der Waals surface area contributed by atoms with Gasteiger partial charge in [0.25, 0.3) is 0 Å². The van der Waals surface area contributed by atoms with E-state index in [0.29, 0.717) is 12.8 Å². The zero-order valence-electron chi connectivity index (χ0n) is 11.7. The highest BCUT2D eigenvalue weighted by atomic mass is 16.4. The van der Waals surface area contributed by atoms with E-state index in [1.165, 1.54) is 0 Å². The van der Waals surface area contributed by atoms with Crippen molar-refractivity contribution >= 4 is 18.2 Å². The molecule has 3 atom stereocenters. The van der Waals surface area contributed by atoms with Crippen molar-refractivity contribution in [2.45, 2.75) is 52.1 Å². The second-order valence-corrected chi connectivity index (χ2v) is 5.09. The molecule has 6 heteroatoms. The minimum Gasteiger partial charge on any atom is -0.481 e. The molecule has 0 bridgehead atoms. The van der Waals surface area contributed by atoms with E-state index in [9.17, 15) is 14.4 Å². The minimum absolute atomic E-state index is 0.0372. The summed E-state index contributed by atoms with van der Waals surface area (Å²) in [6.45, 7) is 5.59. The van der Waals surface area contributed by atoms with Crippen molar-refractivity contribution in [3.05, 3.63) is 0 Å². The Balaban J connectivity index is 4.43. The maximum absolute atomic E-state index is 11.7. The Kier molecular flexibility index (Phi) is 7.98. The van der Waals surface area contributed by atoms with Crippen LogP contribution in [0.5, 0.6) is 0 Å². The molecule has 0 spiro atoms. The molecule has 0 fully saturated rings. The number of rotatable bonds is 9. The van der Waals surface area contributed by atoms with Gasteiger partial charge in [0.05, 0.1) is 18.0 Å². The van der Waals surface area contributed by atoms with Crippen molar-refractivity contribution in [1.29, 1.82) is 0 Å². The van der Waals surface area contributed by atoms with Crippen LogP contribution in [-0.4, -0.2) is 35.4 Å². The molecule has 0 aromatic carbocycles. The summed E-state index contributed by atoms with van der Waals surface area (Å²) in [6, 6.07) is -1.62. The van der Waals surface area contributed by atoms with Crippen LogP contribution in [0.4, 0.5) is 0 Å². The molecule has 0 aromatic rings. The van der Waals surface area contributed by atoms with Gasteiger partial charge in [0.1, 0.15) is 0 Å². The second kappa shape index (κ2) is 8.63. The van der Waals surface area contributed by atoms with Crippen molar-refractivity contribution in [3.8, 4) is 0 Å².